The number of rotatable bonds is 4. The summed E-state index contributed by atoms with van der Waals surface area (Å²) in [5, 5.41) is 0. The molecule has 0 amide bonds. The molecule has 1 aliphatic rings. The van der Waals surface area contributed by atoms with E-state index >= 15 is 0 Å². The van der Waals surface area contributed by atoms with E-state index in [9.17, 15) is 18.0 Å². The van der Waals surface area contributed by atoms with E-state index in [1.54, 1.807) is 30.3 Å². The number of benzene rings is 1. The first-order chi connectivity index (χ1) is 8.46. The second kappa shape index (κ2) is 4.87. The van der Waals surface area contributed by atoms with Gasteiger partial charge in [-0.2, -0.15) is 0 Å². The smallest absolute Gasteiger partial charge is 0.332 e. The third-order valence-corrected chi connectivity index (χ3v) is 3.75. The molecule has 6 nitrogen and oxygen atoms in total. The number of esters is 2. The fourth-order valence-electron chi connectivity index (χ4n) is 1.62. The fourth-order valence-corrected chi connectivity index (χ4v) is 2.94. The van der Waals surface area contributed by atoms with E-state index in [1.165, 1.54) is 0 Å². The summed E-state index contributed by atoms with van der Waals surface area (Å²) in [6.07, 6.45) is -0.257. The number of sulfonamides is 1. The van der Waals surface area contributed by atoms with Crippen molar-refractivity contribution in [3.8, 4) is 0 Å². The molecule has 1 saturated heterocycles. The molecule has 0 unspecified atom stereocenters. The summed E-state index contributed by atoms with van der Waals surface area (Å²) in [4.78, 5) is 22.0. The molecule has 0 aromatic heterocycles. The van der Waals surface area contributed by atoms with Gasteiger partial charge in [0.05, 0.1) is 12.2 Å². The van der Waals surface area contributed by atoms with Crippen LogP contribution >= 0.6 is 0 Å². The Balaban J connectivity index is 2.04. The second-order valence-electron chi connectivity index (χ2n) is 3.91. The van der Waals surface area contributed by atoms with Crippen LogP contribution in [-0.4, -0.2) is 26.4 Å². The molecule has 0 bridgehead atoms. The van der Waals surface area contributed by atoms with Crippen molar-refractivity contribution in [1.29, 1.82) is 0 Å². The number of nitrogens with one attached hydrogen (secondary N) is 1. The zero-order valence-corrected chi connectivity index (χ0v) is 10.1. The van der Waals surface area contributed by atoms with Crippen molar-refractivity contribution in [1.82, 2.24) is 4.72 Å². The number of hydrogen-bond donors (Lipinski definition) is 1. The molecule has 0 aliphatic carbocycles. The standard InChI is InChI=1S/C11H11NO5S/c13-10-6-9(11(14)17-10)12-18(15,16)7-8-4-2-1-3-5-8/h1-5,9,12H,6-7H2/t9-/m1/s1. The molecule has 1 N–H and O–H groups in total. The lowest BCUT2D eigenvalue weighted by molar-refractivity contribution is -0.152. The highest BCUT2D eigenvalue weighted by atomic mass is 32.2. The Labute approximate surface area is 104 Å². The van der Waals surface area contributed by atoms with Gasteiger partial charge in [-0.3, -0.25) is 4.79 Å². The summed E-state index contributed by atoms with van der Waals surface area (Å²) in [6, 6.07) is 7.44. The van der Waals surface area contributed by atoms with Gasteiger partial charge < -0.3 is 4.74 Å². The van der Waals surface area contributed by atoms with E-state index in [-0.39, 0.29) is 12.2 Å². The van der Waals surface area contributed by atoms with E-state index < -0.39 is 28.0 Å². The molecule has 1 fully saturated rings. The highest BCUT2D eigenvalue weighted by Crippen LogP contribution is 2.11. The maximum Gasteiger partial charge on any atom is 0.332 e. The molecule has 2 rings (SSSR count). The van der Waals surface area contributed by atoms with Crippen LogP contribution in [-0.2, 0) is 30.1 Å². The normalized spacial score (nSPS) is 19.9. The quantitative estimate of drug-likeness (QED) is 0.611. The van der Waals surface area contributed by atoms with Crippen LogP contribution in [0.4, 0.5) is 0 Å². The maximum atomic E-state index is 11.8. The van der Waals surface area contributed by atoms with Crippen LogP contribution < -0.4 is 4.72 Å². The van der Waals surface area contributed by atoms with Gasteiger partial charge in [-0.05, 0) is 5.56 Å². The average molecular weight is 269 g/mol. The molecule has 18 heavy (non-hydrogen) atoms. The lowest BCUT2D eigenvalue weighted by Gasteiger charge is -2.09. The van der Waals surface area contributed by atoms with Gasteiger partial charge in [-0.15, -0.1) is 0 Å². The van der Waals surface area contributed by atoms with E-state index in [0.717, 1.165) is 0 Å². The zero-order valence-electron chi connectivity index (χ0n) is 9.33. The maximum absolute atomic E-state index is 11.8. The molecule has 0 spiro atoms. The number of carbonyl (C=O) groups is 2. The van der Waals surface area contributed by atoms with Crippen molar-refractivity contribution >= 4 is 22.0 Å². The molecule has 0 saturated carbocycles. The van der Waals surface area contributed by atoms with Crippen molar-refractivity contribution in [3.05, 3.63) is 35.9 Å². The Morgan fingerprint density at radius 3 is 2.44 bits per heavy atom. The van der Waals surface area contributed by atoms with Gasteiger partial charge in [0.2, 0.25) is 10.0 Å². The summed E-state index contributed by atoms with van der Waals surface area (Å²) in [6.45, 7) is 0. The summed E-state index contributed by atoms with van der Waals surface area (Å²) >= 11 is 0. The number of ether oxygens (including phenoxy) is 1. The van der Waals surface area contributed by atoms with E-state index in [0.29, 0.717) is 5.56 Å². The molecule has 1 aromatic carbocycles. The fraction of sp³-hybridized carbons (Fsp3) is 0.273. The van der Waals surface area contributed by atoms with E-state index in [4.69, 9.17) is 0 Å². The largest absolute Gasteiger partial charge is 0.392 e. The summed E-state index contributed by atoms with van der Waals surface area (Å²) < 4.78 is 30.0. The molecule has 96 valence electrons. The minimum atomic E-state index is -3.68. The highest BCUT2D eigenvalue weighted by molar-refractivity contribution is 7.88. The van der Waals surface area contributed by atoms with Gasteiger partial charge in [0.15, 0.2) is 0 Å². The molecule has 1 aliphatic heterocycles. The Morgan fingerprint density at radius 2 is 1.89 bits per heavy atom. The van der Waals surface area contributed by atoms with Crippen molar-refractivity contribution in [3.63, 3.8) is 0 Å². The van der Waals surface area contributed by atoms with Gasteiger partial charge >= 0.3 is 11.9 Å². The van der Waals surface area contributed by atoms with Crippen molar-refractivity contribution in [2.75, 3.05) is 0 Å². The third-order valence-electron chi connectivity index (χ3n) is 2.39. The first kappa shape index (κ1) is 12.7. The van der Waals surface area contributed by atoms with Crippen LogP contribution in [0, 0.1) is 0 Å². The first-order valence-corrected chi connectivity index (χ1v) is 6.90. The van der Waals surface area contributed by atoms with Crippen LogP contribution in [0.3, 0.4) is 0 Å². The van der Waals surface area contributed by atoms with Crippen LogP contribution in [0.25, 0.3) is 0 Å². The number of cyclic esters (lactones) is 2. The lowest BCUT2D eigenvalue weighted by Crippen LogP contribution is -2.38. The molecular formula is C11H11NO5S. The minimum absolute atomic E-state index is 0.244. The summed E-state index contributed by atoms with van der Waals surface area (Å²) in [5.74, 6) is -1.81. The van der Waals surface area contributed by atoms with Gasteiger partial charge in [0.1, 0.15) is 6.04 Å². The number of carbonyl (C=O) groups excluding carboxylic acids is 2. The topological polar surface area (TPSA) is 89.5 Å². The van der Waals surface area contributed by atoms with Crippen LogP contribution in [0.1, 0.15) is 12.0 Å². The second-order valence-corrected chi connectivity index (χ2v) is 5.67. The monoisotopic (exact) mass is 269 g/mol. The van der Waals surface area contributed by atoms with Gasteiger partial charge in [0.25, 0.3) is 0 Å². The van der Waals surface area contributed by atoms with Crippen LogP contribution in [0.5, 0.6) is 0 Å². The molecular weight excluding hydrogens is 258 g/mol. The predicted octanol–water partition coefficient (Wildman–Crippen LogP) is -0.0519. The van der Waals surface area contributed by atoms with Crippen molar-refractivity contribution in [2.45, 2.75) is 18.2 Å². The van der Waals surface area contributed by atoms with Crippen molar-refractivity contribution in [2.24, 2.45) is 0 Å². The molecule has 1 aromatic rings. The average Bonchev–Trinajstić information content (AvgIpc) is 2.57. The van der Waals surface area contributed by atoms with E-state index in [1.807, 2.05) is 0 Å². The van der Waals surface area contributed by atoms with Crippen molar-refractivity contribution < 1.29 is 22.7 Å². The number of hydrogen-bond acceptors (Lipinski definition) is 5. The first-order valence-electron chi connectivity index (χ1n) is 5.25. The zero-order chi connectivity index (χ0) is 13.2. The van der Waals surface area contributed by atoms with Crippen LogP contribution in [0.15, 0.2) is 30.3 Å². The minimum Gasteiger partial charge on any atom is -0.392 e. The Kier molecular flexibility index (Phi) is 3.44. The summed E-state index contributed by atoms with van der Waals surface area (Å²) in [7, 11) is -3.68. The van der Waals surface area contributed by atoms with Gasteiger partial charge in [-0.25, -0.2) is 17.9 Å². The van der Waals surface area contributed by atoms with Gasteiger partial charge in [-0.1, -0.05) is 30.3 Å². The van der Waals surface area contributed by atoms with E-state index in [2.05, 4.69) is 9.46 Å². The SMILES string of the molecule is O=C1C[C@@H](NS(=O)(=O)Cc2ccccc2)C(=O)O1. The third kappa shape index (κ3) is 3.14. The Morgan fingerprint density at radius 1 is 1.22 bits per heavy atom. The Hall–Kier alpha value is -1.73. The van der Waals surface area contributed by atoms with Gasteiger partial charge in [0, 0.05) is 0 Å². The van der Waals surface area contributed by atoms with Crippen LogP contribution in [0.2, 0.25) is 0 Å². The molecule has 0 radical (unpaired) electrons. The summed E-state index contributed by atoms with van der Waals surface area (Å²) in [5.41, 5.74) is 0.600. The molecule has 1 heterocycles. The predicted molar refractivity (Wildman–Crippen MR) is 61.7 cm³/mol. The Bertz CT molecular complexity index is 566. The lowest BCUT2D eigenvalue weighted by atomic mass is 10.2. The molecule has 7 heteroatoms. The molecule has 1 atom stereocenters. The highest BCUT2D eigenvalue weighted by Gasteiger charge is 2.36.